The highest BCUT2D eigenvalue weighted by molar-refractivity contribution is 6.05. The lowest BCUT2D eigenvalue weighted by Gasteiger charge is -2.13. The van der Waals surface area contributed by atoms with Crippen molar-refractivity contribution in [3.63, 3.8) is 0 Å². The first-order valence-corrected chi connectivity index (χ1v) is 8.64. The third-order valence-corrected chi connectivity index (χ3v) is 4.04. The molecule has 0 atom stereocenters. The topological polar surface area (TPSA) is 162 Å². The Balaban J connectivity index is 1.79. The van der Waals surface area contributed by atoms with Crippen molar-refractivity contribution in [1.82, 2.24) is 0 Å². The molecule has 3 rings (SSSR count). The van der Waals surface area contributed by atoms with E-state index in [0.29, 0.717) is 5.75 Å². The van der Waals surface area contributed by atoms with Crippen molar-refractivity contribution in [2.45, 2.75) is 0 Å². The van der Waals surface area contributed by atoms with Gasteiger partial charge in [0.15, 0.2) is 0 Å². The fourth-order valence-electron chi connectivity index (χ4n) is 2.61. The number of nitro benzene ring substituents is 1. The molecule has 10 nitrogen and oxygen atoms in total. The first-order chi connectivity index (χ1) is 14.7. The minimum Gasteiger partial charge on any atom is -0.545 e. The van der Waals surface area contributed by atoms with Crippen molar-refractivity contribution in [1.29, 1.82) is 0 Å². The van der Waals surface area contributed by atoms with Crippen LogP contribution in [0.3, 0.4) is 0 Å². The van der Waals surface area contributed by atoms with E-state index in [0.717, 1.165) is 18.2 Å². The molecule has 0 fully saturated rings. The molecule has 0 spiro atoms. The van der Waals surface area contributed by atoms with Crippen LogP contribution in [0.2, 0.25) is 0 Å². The van der Waals surface area contributed by atoms with Crippen LogP contribution in [0.25, 0.3) is 0 Å². The fourth-order valence-corrected chi connectivity index (χ4v) is 2.61. The van der Waals surface area contributed by atoms with Gasteiger partial charge >= 0.3 is 0 Å². The summed E-state index contributed by atoms with van der Waals surface area (Å²) in [4.78, 5) is 44.8. The monoisotopic (exact) mass is 420 g/mol. The van der Waals surface area contributed by atoms with Crippen molar-refractivity contribution in [3.8, 4) is 11.5 Å². The van der Waals surface area contributed by atoms with Gasteiger partial charge in [-0.2, -0.15) is 0 Å². The van der Waals surface area contributed by atoms with Crippen LogP contribution in [0.4, 0.5) is 11.4 Å². The second kappa shape index (κ2) is 8.74. The molecule has 0 heterocycles. The second-order valence-corrected chi connectivity index (χ2v) is 6.21. The number of nitrogens with zero attached hydrogens (tertiary/aromatic N) is 1. The summed E-state index contributed by atoms with van der Waals surface area (Å²) < 4.78 is 5.58. The lowest BCUT2D eigenvalue weighted by atomic mass is 10.1. The van der Waals surface area contributed by atoms with Crippen LogP contribution in [0.5, 0.6) is 11.5 Å². The van der Waals surface area contributed by atoms with Gasteiger partial charge in [0.2, 0.25) is 0 Å². The van der Waals surface area contributed by atoms with Gasteiger partial charge in [-0.05, 0) is 59.7 Å². The first-order valence-electron chi connectivity index (χ1n) is 8.64. The fraction of sp³-hybridized carbons (Fsp3) is 0. The van der Waals surface area contributed by atoms with E-state index in [1.54, 1.807) is 6.07 Å². The highest BCUT2D eigenvalue weighted by atomic mass is 16.6. The summed E-state index contributed by atoms with van der Waals surface area (Å²) in [5, 5.41) is 35.3. The number of ether oxygens (including phenoxy) is 1. The molecule has 0 radical (unpaired) electrons. The average Bonchev–Trinajstić information content (AvgIpc) is 2.74. The Morgan fingerprint density at radius 3 is 1.94 bits per heavy atom. The smallest absolute Gasteiger partial charge is 0.269 e. The third kappa shape index (κ3) is 5.21. The van der Waals surface area contributed by atoms with Crippen molar-refractivity contribution >= 4 is 29.2 Å². The van der Waals surface area contributed by atoms with Gasteiger partial charge < -0.3 is 29.9 Å². The molecule has 0 aliphatic heterocycles. The molecule has 0 aliphatic rings. The zero-order valence-corrected chi connectivity index (χ0v) is 15.6. The molecule has 0 unspecified atom stereocenters. The molecular formula is C21H12N2O8-2. The largest absolute Gasteiger partial charge is 0.545 e. The number of carboxylic acid groups (broad SMARTS) is 2. The molecule has 0 aliphatic carbocycles. The second-order valence-electron chi connectivity index (χ2n) is 6.21. The average molecular weight is 420 g/mol. The van der Waals surface area contributed by atoms with E-state index in [4.69, 9.17) is 4.74 Å². The third-order valence-electron chi connectivity index (χ3n) is 4.04. The number of rotatable bonds is 7. The number of aromatic carboxylic acids is 2. The van der Waals surface area contributed by atoms with Crippen LogP contribution in [-0.4, -0.2) is 22.8 Å². The number of benzene rings is 3. The molecule has 0 aromatic heterocycles. The van der Waals surface area contributed by atoms with Crippen LogP contribution in [0, 0.1) is 10.1 Å². The SMILES string of the molecule is O=C([O-])c1cc(NC(=O)c2cccc(Oc3ccc([N+](=O)[O-])cc3)c2)cc(C(=O)[O-])c1. The maximum Gasteiger partial charge on any atom is 0.269 e. The highest BCUT2D eigenvalue weighted by Crippen LogP contribution is 2.25. The summed E-state index contributed by atoms with van der Waals surface area (Å²) in [6, 6.07) is 14.2. The molecule has 1 amide bonds. The lowest BCUT2D eigenvalue weighted by Crippen LogP contribution is -2.26. The predicted octanol–water partition coefficient (Wildman–Crippen LogP) is 1.37. The number of hydrogen-bond acceptors (Lipinski definition) is 8. The van der Waals surface area contributed by atoms with Crippen molar-refractivity contribution in [2.24, 2.45) is 0 Å². The molecule has 31 heavy (non-hydrogen) atoms. The van der Waals surface area contributed by atoms with Gasteiger partial charge in [-0.3, -0.25) is 14.9 Å². The Labute approximate surface area is 174 Å². The summed E-state index contributed by atoms with van der Waals surface area (Å²) in [5.74, 6) is -3.31. The number of nitro groups is 1. The van der Waals surface area contributed by atoms with Crippen molar-refractivity contribution in [3.05, 3.63) is 93.5 Å². The molecule has 156 valence electrons. The Morgan fingerprint density at radius 1 is 0.774 bits per heavy atom. The van der Waals surface area contributed by atoms with Crippen LogP contribution < -0.4 is 20.3 Å². The summed E-state index contributed by atoms with van der Waals surface area (Å²) in [5.41, 5.74) is -0.921. The van der Waals surface area contributed by atoms with Gasteiger partial charge in [-0.25, -0.2) is 0 Å². The van der Waals surface area contributed by atoms with E-state index < -0.39 is 33.9 Å². The number of anilines is 1. The van der Waals surface area contributed by atoms with Gasteiger partial charge in [0, 0.05) is 23.4 Å². The van der Waals surface area contributed by atoms with Gasteiger partial charge in [0.1, 0.15) is 11.5 Å². The van der Waals surface area contributed by atoms with E-state index >= 15 is 0 Å². The highest BCUT2D eigenvalue weighted by Gasteiger charge is 2.11. The summed E-state index contributed by atoms with van der Waals surface area (Å²) in [6.45, 7) is 0. The Hall–Kier alpha value is -4.73. The Kier molecular flexibility index (Phi) is 5.92. The quantitative estimate of drug-likeness (QED) is 0.442. The summed E-state index contributed by atoms with van der Waals surface area (Å²) in [7, 11) is 0. The molecule has 3 aromatic carbocycles. The summed E-state index contributed by atoms with van der Waals surface area (Å²) in [6.07, 6.45) is 0. The molecular weight excluding hydrogens is 408 g/mol. The molecule has 0 bridgehead atoms. The minimum atomic E-state index is -1.61. The molecule has 0 saturated heterocycles. The summed E-state index contributed by atoms with van der Waals surface area (Å²) >= 11 is 0. The van der Waals surface area contributed by atoms with Gasteiger partial charge in [-0.15, -0.1) is 0 Å². The predicted molar refractivity (Wildman–Crippen MR) is 103 cm³/mol. The number of carbonyl (C=O) groups is 3. The molecule has 1 N–H and O–H groups in total. The van der Waals surface area contributed by atoms with E-state index in [2.05, 4.69) is 5.32 Å². The molecule has 10 heteroatoms. The van der Waals surface area contributed by atoms with Gasteiger partial charge in [-0.1, -0.05) is 6.07 Å². The number of carboxylic acids is 2. The van der Waals surface area contributed by atoms with E-state index in [-0.39, 0.29) is 22.7 Å². The van der Waals surface area contributed by atoms with Crippen LogP contribution in [-0.2, 0) is 0 Å². The number of carbonyl (C=O) groups excluding carboxylic acids is 3. The number of hydrogen-bond donors (Lipinski definition) is 1. The normalized spacial score (nSPS) is 10.2. The van der Waals surface area contributed by atoms with Gasteiger partial charge in [0.25, 0.3) is 11.6 Å². The van der Waals surface area contributed by atoms with Crippen molar-refractivity contribution < 1.29 is 34.3 Å². The molecule has 3 aromatic rings. The number of amides is 1. The zero-order valence-electron chi connectivity index (χ0n) is 15.6. The van der Waals surface area contributed by atoms with Crippen LogP contribution in [0.1, 0.15) is 31.1 Å². The maximum atomic E-state index is 12.5. The first kappa shape index (κ1) is 21.0. The Morgan fingerprint density at radius 2 is 1.39 bits per heavy atom. The minimum absolute atomic E-state index is 0.0763. The number of nitrogens with one attached hydrogen (secondary N) is 1. The van der Waals surface area contributed by atoms with Gasteiger partial charge in [0.05, 0.1) is 16.9 Å². The van der Waals surface area contributed by atoms with Crippen LogP contribution in [0.15, 0.2) is 66.7 Å². The zero-order chi connectivity index (χ0) is 22.5. The van der Waals surface area contributed by atoms with Crippen LogP contribution >= 0.6 is 0 Å². The lowest BCUT2D eigenvalue weighted by molar-refractivity contribution is -0.384. The number of non-ortho nitro benzene ring substituents is 1. The Bertz CT molecular complexity index is 1160. The van der Waals surface area contributed by atoms with E-state index in [1.165, 1.54) is 42.5 Å². The van der Waals surface area contributed by atoms with E-state index in [9.17, 15) is 34.7 Å². The molecule has 0 saturated carbocycles. The maximum absolute atomic E-state index is 12.5. The standard InChI is InChI=1S/C21H14N2O8/c24-19(22-15-9-13(20(25)26)8-14(10-15)21(27)28)12-2-1-3-18(11-12)31-17-6-4-16(5-7-17)23(29)30/h1-11H,(H,22,24)(H,25,26)(H,27,28)/p-2. The van der Waals surface area contributed by atoms with Crippen molar-refractivity contribution in [2.75, 3.05) is 5.32 Å². The van der Waals surface area contributed by atoms with E-state index in [1.807, 2.05) is 0 Å².